The molecular formula is C13H11Cl2NO2. The van der Waals surface area contributed by atoms with Crippen LogP contribution in [0.5, 0.6) is 0 Å². The number of likely N-dealkylation sites (N-methyl/N-ethyl adjacent to an activating group) is 1. The van der Waals surface area contributed by atoms with Gasteiger partial charge in [0.1, 0.15) is 11.1 Å². The summed E-state index contributed by atoms with van der Waals surface area (Å²) >= 11 is 12.7. The van der Waals surface area contributed by atoms with Crippen molar-refractivity contribution < 1.29 is 9.21 Å². The lowest BCUT2D eigenvalue weighted by molar-refractivity contribution is 0.110. The Morgan fingerprint density at radius 3 is 2.94 bits per heavy atom. The second kappa shape index (κ2) is 4.26. The lowest BCUT2D eigenvalue weighted by Crippen LogP contribution is -2.28. The molecule has 2 unspecified atom stereocenters. The molecule has 2 aromatic rings. The van der Waals surface area contributed by atoms with E-state index < -0.39 is 0 Å². The van der Waals surface area contributed by atoms with Crippen LogP contribution >= 0.6 is 23.2 Å². The number of benzene rings is 1. The number of alkyl halides is 2. The minimum atomic E-state index is -0.335. The predicted octanol–water partition coefficient (Wildman–Crippen LogP) is 3.54. The van der Waals surface area contributed by atoms with E-state index in [1.165, 1.54) is 0 Å². The fourth-order valence-corrected chi connectivity index (χ4v) is 3.03. The van der Waals surface area contributed by atoms with E-state index in [4.69, 9.17) is 27.6 Å². The standard InChI is InChI=1S/C13H11Cl2NO2/c1-16-5-8-10(6-17)18-9-4-2-3-7(11(8)9)12(14)13(16)15/h2-4,6,12-13H,5H2,1H3. The van der Waals surface area contributed by atoms with Gasteiger partial charge in [0.05, 0.1) is 5.38 Å². The summed E-state index contributed by atoms with van der Waals surface area (Å²) in [5.41, 5.74) is 2.16. The van der Waals surface area contributed by atoms with Gasteiger partial charge in [-0.05, 0) is 18.7 Å². The average molecular weight is 284 g/mol. The molecule has 0 fully saturated rings. The minimum absolute atomic E-state index is 0.316. The monoisotopic (exact) mass is 283 g/mol. The second-order valence-corrected chi connectivity index (χ2v) is 5.39. The molecule has 18 heavy (non-hydrogen) atoms. The van der Waals surface area contributed by atoms with Crippen LogP contribution in [0.15, 0.2) is 22.6 Å². The first-order chi connectivity index (χ1) is 8.63. The highest BCUT2D eigenvalue weighted by Crippen LogP contribution is 2.41. The summed E-state index contributed by atoms with van der Waals surface area (Å²) in [6.07, 6.45) is 0.741. The van der Waals surface area contributed by atoms with Gasteiger partial charge in [-0.2, -0.15) is 0 Å². The molecule has 1 aromatic carbocycles. The number of hydrogen-bond donors (Lipinski definition) is 0. The number of furan rings is 1. The van der Waals surface area contributed by atoms with Crippen molar-refractivity contribution in [2.24, 2.45) is 0 Å². The molecule has 2 atom stereocenters. The van der Waals surface area contributed by atoms with Crippen molar-refractivity contribution >= 4 is 40.5 Å². The van der Waals surface area contributed by atoms with Gasteiger partial charge in [-0.3, -0.25) is 9.69 Å². The summed E-state index contributed by atoms with van der Waals surface area (Å²) in [4.78, 5) is 13.0. The number of nitrogens with zero attached hydrogens (tertiary/aromatic N) is 1. The molecule has 0 bridgehead atoms. The third-order valence-corrected chi connectivity index (χ3v) is 4.54. The predicted molar refractivity (Wildman–Crippen MR) is 71.3 cm³/mol. The first-order valence-electron chi connectivity index (χ1n) is 5.61. The first-order valence-corrected chi connectivity index (χ1v) is 6.48. The largest absolute Gasteiger partial charge is 0.453 e. The number of halogens is 2. The molecule has 0 radical (unpaired) electrons. The van der Waals surface area contributed by atoms with Crippen LogP contribution in [0, 0.1) is 0 Å². The van der Waals surface area contributed by atoms with Crippen LogP contribution in [-0.4, -0.2) is 23.7 Å². The number of rotatable bonds is 1. The highest BCUT2D eigenvalue weighted by atomic mass is 35.5. The molecule has 0 spiro atoms. The topological polar surface area (TPSA) is 33.5 Å². The Labute approximate surface area is 114 Å². The van der Waals surface area contributed by atoms with Gasteiger partial charge in [0.15, 0.2) is 12.0 Å². The first kappa shape index (κ1) is 12.0. The molecule has 1 aromatic heterocycles. The zero-order valence-electron chi connectivity index (χ0n) is 9.69. The second-order valence-electron chi connectivity index (χ2n) is 4.47. The lowest BCUT2D eigenvalue weighted by atomic mass is 10.0. The molecule has 1 aliphatic heterocycles. The Morgan fingerprint density at radius 1 is 1.44 bits per heavy atom. The van der Waals surface area contributed by atoms with E-state index in [2.05, 4.69) is 0 Å². The molecule has 3 nitrogen and oxygen atoms in total. The highest BCUT2D eigenvalue weighted by molar-refractivity contribution is 6.30. The van der Waals surface area contributed by atoms with Gasteiger partial charge in [0, 0.05) is 17.5 Å². The van der Waals surface area contributed by atoms with Crippen molar-refractivity contribution in [3.05, 3.63) is 35.1 Å². The van der Waals surface area contributed by atoms with E-state index in [0.717, 1.165) is 22.8 Å². The Bertz CT molecular complexity index is 623. The van der Waals surface area contributed by atoms with E-state index in [1.54, 1.807) is 0 Å². The molecule has 0 amide bonds. The van der Waals surface area contributed by atoms with Crippen molar-refractivity contribution in [1.82, 2.24) is 4.90 Å². The Hall–Kier alpha value is -1.03. The van der Waals surface area contributed by atoms with Gasteiger partial charge in [-0.15, -0.1) is 23.2 Å². The fourth-order valence-electron chi connectivity index (χ4n) is 2.45. The lowest BCUT2D eigenvalue weighted by Gasteiger charge is -2.23. The van der Waals surface area contributed by atoms with Gasteiger partial charge in [0.2, 0.25) is 0 Å². The van der Waals surface area contributed by atoms with Crippen molar-refractivity contribution in [1.29, 1.82) is 0 Å². The Balaban J connectivity index is 2.37. The van der Waals surface area contributed by atoms with Crippen LogP contribution < -0.4 is 0 Å². The number of carbonyl (C=O) groups is 1. The molecule has 2 heterocycles. The van der Waals surface area contributed by atoms with Gasteiger partial charge in [0.25, 0.3) is 0 Å². The summed E-state index contributed by atoms with van der Waals surface area (Å²) < 4.78 is 5.55. The molecule has 0 saturated carbocycles. The SMILES string of the molecule is CN1Cc2c(C=O)oc3cccc(c23)C(Cl)C1Cl. The third-order valence-electron chi connectivity index (χ3n) is 3.35. The van der Waals surface area contributed by atoms with Crippen LogP contribution in [-0.2, 0) is 6.54 Å². The number of aldehydes is 1. The Kier molecular flexibility index (Phi) is 2.85. The minimum Gasteiger partial charge on any atom is -0.453 e. The van der Waals surface area contributed by atoms with Gasteiger partial charge in [-0.25, -0.2) is 0 Å². The maximum Gasteiger partial charge on any atom is 0.185 e. The van der Waals surface area contributed by atoms with Crippen molar-refractivity contribution in [3.63, 3.8) is 0 Å². The molecule has 0 N–H and O–H groups in total. The third kappa shape index (κ3) is 1.58. The van der Waals surface area contributed by atoms with Crippen LogP contribution in [0.3, 0.4) is 0 Å². The van der Waals surface area contributed by atoms with E-state index in [-0.39, 0.29) is 10.9 Å². The van der Waals surface area contributed by atoms with Crippen molar-refractivity contribution in [2.75, 3.05) is 7.05 Å². The Morgan fingerprint density at radius 2 is 2.22 bits per heavy atom. The molecular weight excluding hydrogens is 273 g/mol. The van der Waals surface area contributed by atoms with Gasteiger partial charge < -0.3 is 4.42 Å². The van der Waals surface area contributed by atoms with E-state index in [9.17, 15) is 4.79 Å². The number of hydrogen-bond acceptors (Lipinski definition) is 3. The van der Waals surface area contributed by atoms with Crippen molar-refractivity contribution in [3.8, 4) is 0 Å². The van der Waals surface area contributed by atoms with E-state index in [0.29, 0.717) is 17.9 Å². The summed E-state index contributed by atoms with van der Waals surface area (Å²) in [5, 5.41) is 0.591. The summed E-state index contributed by atoms with van der Waals surface area (Å²) in [6.45, 7) is 0.551. The average Bonchev–Trinajstić information content (AvgIpc) is 2.70. The molecule has 0 aliphatic carbocycles. The maximum atomic E-state index is 11.1. The zero-order chi connectivity index (χ0) is 12.9. The molecule has 5 heteroatoms. The molecule has 0 saturated heterocycles. The maximum absolute atomic E-state index is 11.1. The highest BCUT2D eigenvalue weighted by Gasteiger charge is 2.31. The van der Waals surface area contributed by atoms with Crippen molar-refractivity contribution in [2.45, 2.75) is 17.4 Å². The van der Waals surface area contributed by atoms with Crippen LogP contribution in [0.25, 0.3) is 11.0 Å². The molecule has 3 rings (SSSR count). The smallest absolute Gasteiger partial charge is 0.185 e. The van der Waals surface area contributed by atoms with Crippen LogP contribution in [0.2, 0.25) is 0 Å². The van der Waals surface area contributed by atoms with Gasteiger partial charge >= 0.3 is 0 Å². The van der Waals surface area contributed by atoms with Crippen LogP contribution in [0.1, 0.15) is 27.1 Å². The quantitative estimate of drug-likeness (QED) is 0.456. The molecule has 94 valence electrons. The zero-order valence-corrected chi connectivity index (χ0v) is 11.2. The van der Waals surface area contributed by atoms with Gasteiger partial charge in [-0.1, -0.05) is 12.1 Å². The summed E-state index contributed by atoms with van der Waals surface area (Å²) in [6, 6.07) is 5.64. The van der Waals surface area contributed by atoms with E-state index >= 15 is 0 Å². The van der Waals surface area contributed by atoms with E-state index in [1.807, 2.05) is 30.1 Å². The van der Waals surface area contributed by atoms with Crippen LogP contribution in [0.4, 0.5) is 0 Å². The normalized spacial score (nSPS) is 24.2. The number of carbonyl (C=O) groups excluding carboxylic acids is 1. The summed E-state index contributed by atoms with van der Waals surface area (Å²) in [7, 11) is 1.88. The fraction of sp³-hybridized carbons (Fsp3) is 0.308. The molecule has 1 aliphatic rings. The summed E-state index contributed by atoms with van der Waals surface area (Å²) in [5.74, 6) is 0.360.